The van der Waals surface area contributed by atoms with Crippen LogP contribution in [0.4, 0.5) is 10.2 Å². The third kappa shape index (κ3) is 7.58. The van der Waals surface area contributed by atoms with Gasteiger partial charge in [0, 0.05) is 44.0 Å². The van der Waals surface area contributed by atoms with Gasteiger partial charge in [0.15, 0.2) is 0 Å². The Kier molecular flexibility index (Phi) is 10.4. The van der Waals surface area contributed by atoms with Crippen LogP contribution in [0, 0.1) is 5.82 Å². The fourth-order valence-corrected chi connectivity index (χ4v) is 8.67. The van der Waals surface area contributed by atoms with E-state index in [0.29, 0.717) is 36.5 Å². The van der Waals surface area contributed by atoms with Crippen LogP contribution in [0.3, 0.4) is 0 Å². The first-order valence-electron chi connectivity index (χ1n) is 19.4. The number of phenolic OH excluding ortho intramolecular Hbond substituents is 1. The van der Waals surface area contributed by atoms with Crippen LogP contribution >= 0.6 is 0 Å². The van der Waals surface area contributed by atoms with E-state index in [4.69, 9.17) is 4.74 Å². The summed E-state index contributed by atoms with van der Waals surface area (Å²) in [5.74, 6) is 0.555. The van der Waals surface area contributed by atoms with E-state index in [2.05, 4.69) is 38.8 Å². The van der Waals surface area contributed by atoms with Crippen LogP contribution in [0.5, 0.6) is 11.5 Å². The number of imide groups is 1. The van der Waals surface area contributed by atoms with Crippen LogP contribution in [-0.4, -0.2) is 83.0 Å². The predicted octanol–water partition coefficient (Wildman–Crippen LogP) is 6.55. The maximum absolute atomic E-state index is 13.8. The van der Waals surface area contributed by atoms with Gasteiger partial charge in [-0.25, -0.2) is 9.37 Å². The van der Waals surface area contributed by atoms with E-state index < -0.39 is 17.9 Å². The molecule has 4 heterocycles. The second kappa shape index (κ2) is 15.7. The Morgan fingerprint density at radius 2 is 1.58 bits per heavy atom. The number of fused-ring (bicyclic) bond motifs is 2. The molecule has 2 fully saturated rings. The molecule has 0 spiro atoms. The Labute approximate surface area is 320 Å². The molecule has 4 aromatic rings. The van der Waals surface area contributed by atoms with Crippen molar-refractivity contribution >= 4 is 23.5 Å². The van der Waals surface area contributed by atoms with Gasteiger partial charge in [0.05, 0.1) is 17.7 Å². The van der Waals surface area contributed by atoms with Gasteiger partial charge in [-0.15, -0.1) is 0 Å². The van der Waals surface area contributed by atoms with Gasteiger partial charge < -0.3 is 20.1 Å². The van der Waals surface area contributed by atoms with E-state index in [1.807, 2.05) is 36.4 Å². The smallest absolute Gasteiger partial charge is 0.263 e. The van der Waals surface area contributed by atoms with Crippen molar-refractivity contribution in [2.45, 2.75) is 62.8 Å². The van der Waals surface area contributed by atoms with Gasteiger partial charge in [-0.1, -0.05) is 36.9 Å². The van der Waals surface area contributed by atoms with Crippen molar-refractivity contribution in [1.82, 2.24) is 20.1 Å². The van der Waals surface area contributed by atoms with E-state index in [9.17, 15) is 23.9 Å². The molecular formula is C44H46FN5O5. The van der Waals surface area contributed by atoms with Crippen molar-refractivity contribution in [2.24, 2.45) is 0 Å². The highest BCUT2D eigenvalue weighted by molar-refractivity contribution is 6.23. The number of unbranched alkanes of at least 4 members (excludes halogenated alkanes) is 2. The molecule has 1 aliphatic carbocycles. The molecule has 284 valence electrons. The topological polar surface area (TPSA) is 115 Å². The summed E-state index contributed by atoms with van der Waals surface area (Å²) in [6.45, 7) is 8.71. The number of anilines is 1. The number of aryl methyl sites for hydroxylation is 1. The molecule has 55 heavy (non-hydrogen) atoms. The van der Waals surface area contributed by atoms with Gasteiger partial charge in [0.1, 0.15) is 29.2 Å². The molecule has 4 aliphatic rings. The maximum atomic E-state index is 13.8. The van der Waals surface area contributed by atoms with Crippen molar-refractivity contribution in [3.05, 3.63) is 130 Å². The highest BCUT2D eigenvalue weighted by Crippen LogP contribution is 2.47. The minimum Gasteiger partial charge on any atom is -0.508 e. The molecule has 2 N–H and O–H groups in total. The predicted molar refractivity (Wildman–Crippen MR) is 207 cm³/mol. The number of carbonyl (C=O) groups is 3. The van der Waals surface area contributed by atoms with Crippen LogP contribution in [0.25, 0.3) is 0 Å². The van der Waals surface area contributed by atoms with Crippen molar-refractivity contribution in [3.8, 4) is 11.5 Å². The average Bonchev–Trinajstić information content (AvgIpc) is 3.44. The molecule has 3 atom stereocenters. The number of nitrogens with one attached hydrogen (secondary N) is 1. The lowest BCUT2D eigenvalue weighted by Crippen LogP contribution is -2.51. The Hall–Kier alpha value is -5.55. The second-order valence-electron chi connectivity index (χ2n) is 15.1. The summed E-state index contributed by atoms with van der Waals surface area (Å²) in [5, 5.41) is 12.8. The number of aromatic nitrogens is 1. The number of pyridine rings is 1. The lowest BCUT2D eigenvalue weighted by molar-refractivity contribution is -0.125. The Balaban J connectivity index is 0.786. The molecule has 3 aromatic carbocycles. The minimum atomic E-state index is -0.837. The molecule has 0 saturated carbocycles. The number of hydrogen-bond donors (Lipinski definition) is 2. The summed E-state index contributed by atoms with van der Waals surface area (Å²) < 4.78 is 19.9. The van der Waals surface area contributed by atoms with Crippen molar-refractivity contribution in [3.63, 3.8) is 0 Å². The highest BCUT2D eigenvalue weighted by atomic mass is 19.1. The number of benzene rings is 3. The SMILES string of the molecule is C=C1CCC(N2C(=O)c3cnc(N4CCN(CCCCCOc5ccc([C@H]6c7ccc(O)cc7CC[C@H]6c6ccc(F)cc6)cc5)CC4)cc3C2=O)C(=O)N1. The van der Waals surface area contributed by atoms with Gasteiger partial charge in [-0.2, -0.15) is 0 Å². The molecular weight excluding hydrogens is 698 g/mol. The van der Waals surface area contributed by atoms with Gasteiger partial charge in [-0.05, 0) is 122 Å². The van der Waals surface area contributed by atoms with Gasteiger partial charge in [-0.3, -0.25) is 24.2 Å². The molecule has 3 amide bonds. The molecule has 0 radical (unpaired) electrons. The number of rotatable bonds is 11. The van der Waals surface area contributed by atoms with Crippen LogP contribution < -0.4 is 15.0 Å². The maximum Gasteiger partial charge on any atom is 0.263 e. The molecule has 11 heteroatoms. The van der Waals surface area contributed by atoms with E-state index in [0.717, 1.165) is 86.6 Å². The summed E-state index contributed by atoms with van der Waals surface area (Å²) in [4.78, 5) is 49.1. The van der Waals surface area contributed by atoms with Crippen molar-refractivity contribution < 1.29 is 28.6 Å². The monoisotopic (exact) mass is 743 g/mol. The third-order valence-corrected chi connectivity index (χ3v) is 11.6. The van der Waals surface area contributed by atoms with Crippen LogP contribution in [0.2, 0.25) is 0 Å². The number of amides is 3. The summed E-state index contributed by atoms with van der Waals surface area (Å²) in [6, 6.07) is 21.7. The molecule has 10 nitrogen and oxygen atoms in total. The molecule has 1 aromatic heterocycles. The van der Waals surface area contributed by atoms with E-state index in [-0.39, 0.29) is 34.9 Å². The lowest BCUT2D eigenvalue weighted by Gasteiger charge is -2.35. The number of halogens is 1. The molecule has 0 bridgehead atoms. The van der Waals surface area contributed by atoms with E-state index in [1.54, 1.807) is 12.1 Å². The quantitative estimate of drug-likeness (QED) is 0.131. The summed E-state index contributed by atoms with van der Waals surface area (Å²) in [6.07, 6.45) is 7.21. The molecule has 1 unspecified atom stereocenters. The van der Waals surface area contributed by atoms with Crippen LogP contribution in [0.15, 0.2) is 91.3 Å². The summed E-state index contributed by atoms with van der Waals surface area (Å²) in [5.41, 5.74) is 5.80. The average molecular weight is 744 g/mol. The third-order valence-electron chi connectivity index (χ3n) is 11.6. The number of ether oxygens (including phenoxy) is 1. The van der Waals surface area contributed by atoms with Gasteiger partial charge in [0.2, 0.25) is 5.91 Å². The Bertz CT molecular complexity index is 2100. The number of nitrogens with zero attached hydrogens (tertiary/aromatic N) is 4. The number of piperazine rings is 1. The van der Waals surface area contributed by atoms with Crippen LogP contribution in [0.1, 0.15) is 93.3 Å². The minimum absolute atomic E-state index is 0.0926. The molecule has 8 rings (SSSR count). The number of hydrogen-bond acceptors (Lipinski definition) is 8. The summed E-state index contributed by atoms with van der Waals surface area (Å²) >= 11 is 0. The molecule has 2 saturated heterocycles. The van der Waals surface area contributed by atoms with Crippen molar-refractivity contribution in [2.75, 3.05) is 44.2 Å². The lowest BCUT2D eigenvalue weighted by atomic mass is 9.69. The normalized spacial score (nSPS) is 21.4. The first-order chi connectivity index (χ1) is 26.7. The number of allylic oxidation sites excluding steroid dienone is 1. The Morgan fingerprint density at radius 3 is 2.35 bits per heavy atom. The first-order valence-corrected chi connectivity index (χ1v) is 19.4. The van der Waals surface area contributed by atoms with Gasteiger partial charge in [0.25, 0.3) is 11.8 Å². The number of carbonyl (C=O) groups excluding carboxylic acids is 3. The van der Waals surface area contributed by atoms with Gasteiger partial charge >= 0.3 is 0 Å². The standard InChI is InChI=1S/C44H46FN5O5/c1-28-5-18-39(42(52)47-28)50-43(53)37-26-40(46-27-38(37)44(50)54)49-22-20-48(21-23-49)19-3-2-4-24-55-34-14-8-30(9-15-34)41-35(29-6-11-32(45)12-7-29)16-10-31-25-33(51)13-17-36(31)41/h6-9,11-15,17,25-27,35,39,41,51H,1-5,10,16,18-24H2,(H,47,52)/t35-,39?,41+/m0/s1. The zero-order valence-electron chi connectivity index (χ0n) is 30.9. The molecule has 3 aliphatic heterocycles. The fourth-order valence-electron chi connectivity index (χ4n) is 8.67. The zero-order chi connectivity index (χ0) is 38.1. The van der Waals surface area contributed by atoms with Crippen molar-refractivity contribution in [1.29, 1.82) is 0 Å². The first kappa shape index (κ1) is 36.4. The highest BCUT2D eigenvalue weighted by Gasteiger charge is 2.44. The zero-order valence-corrected chi connectivity index (χ0v) is 30.9. The van der Waals surface area contributed by atoms with Crippen LogP contribution in [-0.2, 0) is 11.2 Å². The fraction of sp³-hybridized carbons (Fsp3) is 0.364. The summed E-state index contributed by atoms with van der Waals surface area (Å²) in [7, 11) is 0. The Morgan fingerprint density at radius 1 is 0.836 bits per heavy atom. The van der Waals surface area contributed by atoms with E-state index >= 15 is 0 Å². The second-order valence-corrected chi connectivity index (χ2v) is 15.1. The number of piperidine rings is 1. The number of phenols is 1. The van der Waals surface area contributed by atoms with E-state index in [1.165, 1.54) is 29.5 Å². The number of aromatic hydroxyl groups is 1. The largest absolute Gasteiger partial charge is 0.508 e.